The quantitative estimate of drug-likeness (QED) is 0.726. The van der Waals surface area contributed by atoms with E-state index < -0.39 is 10.0 Å². The average molecular weight is 299 g/mol. The van der Waals surface area contributed by atoms with E-state index in [0.29, 0.717) is 11.4 Å². The van der Waals surface area contributed by atoms with Gasteiger partial charge in [-0.2, -0.15) is 0 Å². The van der Waals surface area contributed by atoms with Gasteiger partial charge in [0.25, 0.3) is 0 Å². The van der Waals surface area contributed by atoms with Crippen LogP contribution >= 0.6 is 11.3 Å². The Kier molecular flexibility index (Phi) is 3.74. The Hall–Kier alpha value is -1.64. The lowest BCUT2D eigenvalue weighted by molar-refractivity contribution is 0.580. The lowest BCUT2D eigenvalue weighted by Crippen LogP contribution is -2.23. The number of aryl methyl sites for hydroxylation is 1. The van der Waals surface area contributed by atoms with E-state index in [2.05, 4.69) is 9.71 Å². The summed E-state index contributed by atoms with van der Waals surface area (Å²) in [6.45, 7) is 1.84. The number of nitrogens with one attached hydrogen (secondary N) is 2. The largest absolute Gasteiger partial charge is 0.398 e. The highest BCUT2D eigenvalue weighted by molar-refractivity contribution is 7.89. The van der Waals surface area contributed by atoms with Crippen LogP contribution in [0.15, 0.2) is 33.3 Å². The average Bonchev–Trinajstić information content (AvgIpc) is 2.76. The predicted molar refractivity (Wildman–Crippen MR) is 74.6 cm³/mol. The van der Waals surface area contributed by atoms with Gasteiger partial charge in [0.2, 0.25) is 10.0 Å². The lowest BCUT2D eigenvalue weighted by Gasteiger charge is -2.07. The zero-order chi connectivity index (χ0) is 14.0. The Bertz CT molecular complexity index is 747. The standard InChI is InChI=1S/C11H13N3O3S2/c1-7-2-3-9(4-10(7)12)19(16,17)13-5-8-6-18-11(15)14-8/h2-4,6,13H,5,12H2,1H3,(H,14,15). The summed E-state index contributed by atoms with van der Waals surface area (Å²) in [7, 11) is -3.64. The second kappa shape index (κ2) is 5.16. The summed E-state index contributed by atoms with van der Waals surface area (Å²) in [5.41, 5.74) is 7.46. The second-order valence-corrected chi connectivity index (χ2v) is 6.63. The fourth-order valence-corrected chi connectivity index (χ4v) is 3.07. The van der Waals surface area contributed by atoms with Crippen LogP contribution in [0, 0.1) is 6.92 Å². The first-order chi connectivity index (χ1) is 8.88. The molecule has 1 heterocycles. The molecule has 0 aliphatic heterocycles. The summed E-state index contributed by atoms with van der Waals surface area (Å²) in [6, 6.07) is 4.55. The van der Waals surface area contributed by atoms with E-state index in [4.69, 9.17) is 5.73 Å². The molecular weight excluding hydrogens is 286 g/mol. The van der Waals surface area contributed by atoms with Gasteiger partial charge in [-0.3, -0.25) is 4.79 Å². The minimum absolute atomic E-state index is 0.0366. The van der Waals surface area contributed by atoms with Gasteiger partial charge >= 0.3 is 4.87 Å². The van der Waals surface area contributed by atoms with Crippen molar-refractivity contribution in [2.45, 2.75) is 18.4 Å². The third-order valence-corrected chi connectivity index (χ3v) is 4.70. The van der Waals surface area contributed by atoms with Gasteiger partial charge in [0.15, 0.2) is 0 Å². The summed E-state index contributed by atoms with van der Waals surface area (Å²) in [5, 5.41) is 1.58. The highest BCUT2D eigenvalue weighted by Gasteiger charge is 2.14. The van der Waals surface area contributed by atoms with Crippen molar-refractivity contribution in [1.82, 2.24) is 9.71 Å². The Morgan fingerprint density at radius 2 is 2.16 bits per heavy atom. The van der Waals surface area contributed by atoms with Gasteiger partial charge in [-0.1, -0.05) is 17.4 Å². The first kappa shape index (κ1) is 13.8. The number of anilines is 1. The molecule has 0 atom stereocenters. The Balaban J connectivity index is 2.18. The molecule has 4 N–H and O–H groups in total. The molecule has 1 aromatic carbocycles. The van der Waals surface area contributed by atoms with Crippen molar-refractivity contribution in [2.24, 2.45) is 0 Å². The van der Waals surface area contributed by atoms with E-state index in [1.807, 2.05) is 0 Å². The van der Waals surface area contributed by atoms with Gasteiger partial charge in [0.05, 0.1) is 11.4 Å². The van der Waals surface area contributed by atoms with Gasteiger partial charge < -0.3 is 10.7 Å². The maximum atomic E-state index is 12.0. The minimum Gasteiger partial charge on any atom is -0.398 e. The minimum atomic E-state index is -3.64. The third-order valence-electron chi connectivity index (χ3n) is 2.58. The van der Waals surface area contributed by atoms with E-state index in [-0.39, 0.29) is 16.3 Å². The molecule has 102 valence electrons. The molecule has 2 aromatic rings. The van der Waals surface area contributed by atoms with Crippen molar-refractivity contribution < 1.29 is 8.42 Å². The van der Waals surface area contributed by atoms with E-state index in [9.17, 15) is 13.2 Å². The summed E-state index contributed by atoms with van der Waals surface area (Å²) < 4.78 is 26.4. The Morgan fingerprint density at radius 3 is 2.74 bits per heavy atom. The zero-order valence-corrected chi connectivity index (χ0v) is 11.8. The zero-order valence-electron chi connectivity index (χ0n) is 10.1. The molecule has 0 saturated heterocycles. The monoisotopic (exact) mass is 299 g/mol. The number of sulfonamides is 1. The highest BCUT2D eigenvalue weighted by Crippen LogP contribution is 2.17. The van der Waals surface area contributed by atoms with Crippen LogP contribution in [0.4, 0.5) is 5.69 Å². The maximum Gasteiger partial charge on any atom is 0.304 e. The Labute approximate surface area is 114 Å². The van der Waals surface area contributed by atoms with E-state index in [1.54, 1.807) is 18.4 Å². The molecule has 0 spiro atoms. The number of aromatic amines is 1. The van der Waals surface area contributed by atoms with Gasteiger partial charge in [-0.05, 0) is 24.6 Å². The summed E-state index contributed by atoms with van der Waals surface area (Å²) in [5.74, 6) is 0. The fraction of sp³-hybridized carbons (Fsp3) is 0.182. The first-order valence-corrected chi connectivity index (χ1v) is 7.77. The molecule has 0 saturated carbocycles. The third kappa shape index (κ3) is 3.22. The van der Waals surface area contributed by atoms with Crippen molar-refractivity contribution in [2.75, 3.05) is 5.73 Å². The second-order valence-electron chi connectivity index (χ2n) is 4.02. The number of rotatable bonds is 4. The number of benzene rings is 1. The Morgan fingerprint density at radius 1 is 1.42 bits per heavy atom. The lowest BCUT2D eigenvalue weighted by atomic mass is 10.2. The number of nitrogens with two attached hydrogens (primary N) is 1. The summed E-state index contributed by atoms with van der Waals surface area (Å²) >= 11 is 0.989. The van der Waals surface area contributed by atoms with Crippen molar-refractivity contribution in [1.29, 1.82) is 0 Å². The van der Waals surface area contributed by atoms with Crippen LogP contribution < -0.4 is 15.3 Å². The van der Waals surface area contributed by atoms with E-state index in [1.165, 1.54) is 12.1 Å². The number of aromatic nitrogens is 1. The van der Waals surface area contributed by atoms with Gasteiger partial charge in [0, 0.05) is 16.8 Å². The molecule has 1 aromatic heterocycles. The molecule has 0 amide bonds. The van der Waals surface area contributed by atoms with Crippen molar-refractivity contribution in [3.63, 3.8) is 0 Å². The molecule has 0 unspecified atom stereocenters. The first-order valence-electron chi connectivity index (χ1n) is 5.41. The fourth-order valence-electron chi connectivity index (χ4n) is 1.44. The van der Waals surface area contributed by atoms with Crippen LogP contribution in [0.1, 0.15) is 11.3 Å². The predicted octanol–water partition coefficient (Wildman–Crippen LogP) is 0.806. The molecule has 0 aliphatic carbocycles. The molecule has 0 fully saturated rings. The number of hydrogen-bond donors (Lipinski definition) is 3. The number of thiazole rings is 1. The number of hydrogen-bond acceptors (Lipinski definition) is 5. The maximum absolute atomic E-state index is 12.0. The molecule has 0 bridgehead atoms. The highest BCUT2D eigenvalue weighted by atomic mass is 32.2. The van der Waals surface area contributed by atoms with Gasteiger partial charge in [0.1, 0.15) is 0 Å². The summed E-state index contributed by atoms with van der Waals surface area (Å²) in [4.78, 5) is 13.4. The molecular formula is C11H13N3O3S2. The number of nitrogen functional groups attached to an aromatic ring is 1. The smallest absolute Gasteiger partial charge is 0.304 e. The molecule has 0 aliphatic rings. The van der Waals surface area contributed by atoms with Crippen molar-refractivity contribution >= 4 is 27.0 Å². The van der Waals surface area contributed by atoms with Gasteiger partial charge in [-0.15, -0.1) is 0 Å². The van der Waals surface area contributed by atoms with Crippen LogP contribution in [-0.4, -0.2) is 13.4 Å². The van der Waals surface area contributed by atoms with E-state index in [0.717, 1.165) is 16.9 Å². The van der Waals surface area contributed by atoms with Crippen molar-refractivity contribution in [3.05, 3.63) is 44.5 Å². The van der Waals surface area contributed by atoms with Crippen molar-refractivity contribution in [3.8, 4) is 0 Å². The topological polar surface area (TPSA) is 105 Å². The SMILES string of the molecule is Cc1ccc(S(=O)(=O)NCc2csc(=O)[nH]2)cc1N. The van der Waals surface area contributed by atoms with Crippen LogP contribution in [0.5, 0.6) is 0 Å². The van der Waals surface area contributed by atoms with Crippen LogP contribution in [0.3, 0.4) is 0 Å². The van der Waals surface area contributed by atoms with Crippen LogP contribution in [0.2, 0.25) is 0 Å². The van der Waals surface area contributed by atoms with E-state index >= 15 is 0 Å². The molecule has 2 rings (SSSR count). The molecule has 0 radical (unpaired) electrons. The number of H-pyrrole nitrogens is 1. The molecule has 6 nitrogen and oxygen atoms in total. The van der Waals surface area contributed by atoms with Crippen LogP contribution in [-0.2, 0) is 16.6 Å². The normalized spacial score (nSPS) is 11.6. The molecule has 8 heteroatoms. The van der Waals surface area contributed by atoms with Crippen LogP contribution in [0.25, 0.3) is 0 Å². The van der Waals surface area contributed by atoms with Gasteiger partial charge in [-0.25, -0.2) is 13.1 Å². The summed E-state index contributed by atoms with van der Waals surface area (Å²) in [6.07, 6.45) is 0. The molecule has 19 heavy (non-hydrogen) atoms.